The molecule has 0 spiro atoms. The van der Waals surface area contributed by atoms with Crippen molar-refractivity contribution in [2.45, 2.75) is 19.0 Å². The van der Waals surface area contributed by atoms with Crippen LogP contribution in [0.25, 0.3) is 0 Å². The number of amides is 1. The van der Waals surface area contributed by atoms with Crippen molar-refractivity contribution >= 4 is 11.6 Å². The highest BCUT2D eigenvalue weighted by atomic mass is 19.3. The van der Waals surface area contributed by atoms with E-state index >= 15 is 0 Å². The number of nitrogens with two attached hydrogens (primary N) is 1. The fraction of sp³-hybridized carbons (Fsp3) is 0.208. The van der Waals surface area contributed by atoms with Gasteiger partial charge in [-0.2, -0.15) is 0 Å². The van der Waals surface area contributed by atoms with Gasteiger partial charge in [-0.1, -0.05) is 6.07 Å². The minimum absolute atomic E-state index is 0.0278. The smallest absolute Gasteiger partial charge is 0.264 e. The lowest BCUT2D eigenvalue weighted by molar-refractivity contribution is 0.0729. The number of alkyl halides is 2. The second-order valence-electron chi connectivity index (χ2n) is 7.51. The number of methoxy groups -OCH3 is 2. The molecule has 1 aliphatic heterocycles. The third kappa shape index (κ3) is 3.83. The van der Waals surface area contributed by atoms with Crippen molar-refractivity contribution in [1.29, 1.82) is 0 Å². The maximum atomic E-state index is 14.4. The second kappa shape index (κ2) is 8.65. The molecule has 1 unspecified atom stereocenters. The Balaban J connectivity index is 1.91. The SMILES string of the molecule is COc1ccc(CN2C(=O)c3ccc(F)c(N)c3C2c2cc(F)ccc2C(F)F)c(OC)c1. The predicted molar refractivity (Wildman–Crippen MR) is 113 cm³/mol. The molecule has 33 heavy (non-hydrogen) atoms. The molecule has 1 aliphatic rings. The zero-order valence-electron chi connectivity index (χ0n) is 17.7. The van der Waals surface area contributed by atoms with Crippen molar-refractivity contribution in [3.05, 3.63) is 88.0 Å². The number of rotatable bonds is 6. The van der Waals surface area contributed by atoms with E-state index < -0.39 is 35.6 Å². The number of carbonyl (C=O) groups excluding carboxylic acids is 1. The molecule has 2 N–H and O–H groups in total. The summed E-state index contributed by atoms with van der Waals surface area (Å²) >= 11 is 0. The van der Waals surface area contributed by atoms with Crippen molar-refractivity contribution < 1.29 is 31.8 Å². The van der Waals surface area contributed by atoms with Crippen LogP contribution < -0.4 is 15.2 Å². The standard InChI is InChI=1S/C24H20F4N2O3/c1-32-14-5-3-12(19(10-14)33-2)11-30-22(17-9-13(25)4-6-15(17)23(27)28)20-16(24(30)31)7-8-18(26)21(20)29/h3-10,22-23H,11,29H2,1-2H3. The summed E-state index contributed by atoms with van der Waals surface area (Å²) in [6.45, 7) is -0.0917. The maximum absolute atomic E-state index is 14.4. The molecule has 1 atom stereocenters. The van der Waals surface area contributed by atoms with Crippen molar-refractivity contribution in [2.24, 2.45) is 0 Å². The van der Waals surface area contributed by atoms with E-state index in [4.69, 9.17) is 15.2 Å². The molecule has 172 valence electrons. The zero-order chi connectivity index (χ0) is 23.9. The average molecular weight is 460 g/mol. The van der Waals surface area contributed by atoms with E-state index in [1.165, 1.54) is 25.2 Å². The van der Waals surface area contributed by atoms with Crippen LogP contribution in [-0.2, 0) is 6.54 Å². The molecule has 3 aromatic rings. The zero-order valence-corrected chi connectivity index (χ0v) is 17.7. The Morgan fingerprint density at radius 3 is 2.45 bits per heavy atom. The number of ether oxygens (including phenoxy) is 2. The summed E-state index contributed by atoms with van der Waals surface area (Å²) in [6, 6.07) is 8.79. The van der Waals surface area contributed by atoms with E-state index in [0.717, 1.165) is 24.3 Å². The Morgan fingerprint density at radius 2 is 1.79 bits per heavy atom. The minimum atomic E-state index is -2.95. The molecule has 0 aliphatic carbocycles. The van der Waals surface area contributed by atoms with Crippen molar-refractivity contribution in [2.75, 3.05) is 20.0 Å². The van der Waals surface area contributed by atoms with Gasteiger partial charge in [-0.05, 0) is 42.0 Å². The molecular weight excluding hydrogens is 440 g/mol. The monoisotopic (exact) mass is 460 g/mol. The van der Waals surface area contributed by atoms with Crippen LogP contribution in [0.1, 0.15) is 45.1 Å². The van der Waals surface area contributed by atoms with Crippen LogP contribution in [0.15, 0.2) is 48.5 Å². The van der Waals surface area contributed by atoms with Crippen LogP contribution in [0.5, 0.6) is 11.5 Å². The van der Waals surface area contributed by atoms with E-state index in [1.807, 2.05) is 0 Å². The first kappa shape index (κ1) is 22.4. The van der Waals surface area contributed by atoms with Gasteiger partial charge in [-0.25, -0.2) is 17.6 Å². The van der Waals surface area contributed by atoms with E-state index in [2.05, 4.69) is 0 Å². The molecule has 0 saturated carbocycles. The Hall–Kier alpha value is -3.75. The molecule has 1 amide bonds. The van der Waals surface area contributed by atoms with Crippen molar-refractivity contribution in [3.8, 4) is 11.5 Å². The second-order valence-corrected chi connectivity index (χ2v) is 7.51. The van der Waals surface area contributed by atoms with Crippen molar-refractivity contribution in [3.63, 3.8) is 0 Å². The summed E-state index contributed by atoms with van der Waals surface area (Å²) in [7, 11) is 2.92. The predicted octanol–water partition coefficient (Wildman–Crippen LogP) is 5.25. The Bertz CT molecular complexity index is 1230. The van der Waals surface area contributed by atoms with E-state index in [-0.39, 0.29) is 28.9 Å². The van der Waals surface area contributed by atoms with Gasteiger partial charge in [0.05, 0.1) is 32.5 Å². The molecule has 3 aromatic carbocycles. The minimum Gasteiger partial charge on any atom is -0.497 e. The summed E-state index contributed by atoms with van der Waals surface area (Å²) in [5.41, 5.74) is 5.61. The van der Waals surface area contributed by atoms with Gasteiger partial charge >= 0.3 is 0 Å². The first-order valence-electron chi connectivity index (χ1n) is 9.94. The number of fused-ring (bicyclic) bond motifs is 1. The number of anilines is 1. The number of benzene rings is 3. The number of halogens is 4. The van der Waals surface area contributed by atoms with Gasteiger partial charge in [0.2, 0.25) is 0 Å². The molecule has 5 nitrogen and oxygen atoms in total. The van der Waals surface area contributed by atoms with Gasteiger partial charge in [-0.15, -0.1) is 0 Å². The fourth-order valence-corrected chi connectivity index (χ4v) is 4.15. The van der Waals surface area contributed by atoms with Crippen LogP contribution in [0.4, 0.5) is 23.2 Å². The Labute approximate surface area is 187 Å². The molecule has 0 radical (unpaired) electrons. The molecule has 4 rings (SSSR count). The summed E-state index contributed by atoms with van der Waals surface area (Å²) in [6.07, 6.45) is -2.95. The highest BCUT2D eigenvalue weighted by Gasteiger charge is 2.42. The lowest BCUT2D eigenvalue weighted by Gasteiger charge is -2.28. The van der Waals surface area contributed by atoms with Gasteiger partial charge in [0.1, 0.15) is 23.1 Å². The third-order valence-corrected chi connectivity index (χ3v) is 5.72. The van der Waals surface area contributed by atoms with Crippen LogP contribution in [-0.4, -0.2) is 25.0 Å². The summed E-state index contributed by atoms with van der Waals surface area (Å²) < 4.78 is 66.8. The quantitative estimate of drug-likeness (QED) is 0.403. The Kier molecular flexibility index (Phi) is 5.88. The first-order chi connectivity index (χ1) is 15.8. The van der Waals surface area contributed by atoms with E-state index in [9.17, 15) is 22.4 Å². The van der Waals surface area contributed by atoms with Crippen LogP contribution in [0, 0.1) is 11.6 Å². The number of carbonyl (C=O) groups is 1. The summed E-state index contributed by atoms with van der Waals surface area (Å²) in [5.74, 6) is -1.22. The van der Waals surface area contributed by atoms with Gasteiger partial charge in [0.25, 0.3) is 12.3 Å². The maximum Gasteiger partial charge on any atom is 0.264 e. The molecule has 0 fully saturated rings. The number of nitrogens with zero attached hydrogens (tertiary/aromatic N) is 1. The van der Waals surface area contributed by atoms with Crippen LogP contribution >= 0.6 is 0 Å². The normalized spacial score (nSPS) is 15.2. The highest BCUT2D eigenvalue weighted by molar-refractivity contribution is 6.01. The molecular formula is C24H20F4N2O3. The topological polar surface area (TPSA) is 64.8 Å². The molecule has 1 heterocycles. The summed E-state index contributed by atoms with van der Waals surface area (Å²) in [5, 5.41) is 0. The fourth-order valence-electron chi connectivity index (χ4n) is 4.15. The van der Waals surface area contributed by atoms with E-state index in [1.54, 1.807) is 18.2 Å². The third-order valence-electron chi connectivity index (χ3n) is 5.72. The van der Waals surface area contributed by atoms with E-state index in [0.29, 0.717) is 17.1 Å². The molecule has 0 saturated heterocycles. The largest absolute Gasteiger partial charge is 0.497 e. The van der Waals surface area contributed by atoms with Crippen LogP contribution in [0.2, 0.25) is 0 Å². The van der Waals surface area contributed by atoms with Crippen molar-refractivity contribution in [1.82, 2.24) is 4.90 Å². The van der Waals surface area contributed by atoms with Gasteiger partial charge < -0.3 is 20.1 Å². The van der Waals surface area contributed by atoms with Gasteiger partial charge in [0, 0.05) is 28.3 Å². The lowest BCUT2D eigenvalue weighted by atomic mass is 9.92. The number of hydrogen-bond donors (Lipinski definition) is 1. The number of nitrogen functional groups attached to an aromatic ring is 1. The first-order valence-corrected chi connectivity index (χ1v) is 9.94. The number of hydrogen-bond acceptors (Lipinski definition) is 4. The molecule has 0 bridgehead atoms. The highest BCUT2D eigenvalue weighted by Crippen LogP contribution is 2.46. The van der Waals surface area contributed by atoms with Gasteiger partial charge in [-0.3, -0.25) is 4.79 Å². The Morgan fingerprint density at radius 1 is 1.03 bits per heavy atom. The van der Waals surface area contributed by atoms with Crippen LogP contribution in [0.3, 0.4) is 0 Å². The van der Waals surface area contributed by atoms with Gasteiger partial charge in [0.15, 0.2) is 0 Å². The lowest BCUT2D eigenvalue weighted by Crippen LogP contribution is -2.29. The molecule has 9 heteroatoms. The molecule has 0 aromatic heterocycles. The average Bonchev–Trinajstić information content (AvgIpc) is 3.08. The summed E-state index contributed by atoms with van der Waals surface area (Å²) in [4.78, 5) is 14.6.